The minimum atomic E-state index is -0.0953. The number of hydrogen-bond acceptors (Lipinski definition) is 3. The van der Waals surface area contributed by atoms with Crippen LogP contribution >= 0.6 is 54.8 Å². The first-order valence-corrected chi connectivity index (χ1v) is 6.59. The third kappa shape index (κ3) is 2.36. The largest absolute Gasteiger partial charge is 0.457 e. The van der Waals surface area contributed by atoms with Gasteiger partial charge >= 0.3 is 0 Å². The van der Waals surface area contributed by atoms with Crippen LogP contribution in [0.1, 0.15) is 15.2 Å². The predicted molar refractivity (Wildman–Crippen MR) is 66.9 cm³/mol. The van der Waals surface area contributed by atoms with Gasteiger partial charge in [0.05, 0.1) is 19.2 Å². The third-order valence-electron chi connectivity index (χ3n) is 1.70. The smallest absolute Gasteiger partial charge is 0.206 e. The number of thiophene rings is 1. The van der Waals surface area contributed by atoms with Crippen molar-refractivity contribution in [2.75, 3.05) is 0 Å². The van der Waals surface area contributed by atoms with Crippen molar-refractivity contribution in [2.24, 2.45) is 0 Å². The molecule has 2 aromatic heterocycles. The summed E-state index contributed by atoms with van der Waals surface area (Å²) in [5.41, 5.74) is 0.507. The first-order chi connectivity index (χ1) is 7.08. The lowest BCUT2D eigenvalue weighted by Crippen LogP contribution is -1.95. The molecule has 0 saturated carbocycles. The van der Waals surface area contributed by atoms with Crippen LogP contribution in [0.3, 0.4) is 0 Å². The summed E-state index contributed by atoms with van der Waals surface area (Å²) in [6.45, 7) is 0. The number of ketones is 1. The fourth-order valence-corrected chi connectivity index (χ4v) is 3.03. The van der Waals surface area contributed by atoms with Crippen LogP contribution in [0.15, 0.2) is 31.3 Å². The number of furan rings is 1. The summed E-state index contributed by atoms with van der Waals surface area (Å²) in [5, 5.41) is 0.547. The van der Waals surface area contributed by atoms with Crippen molar-refractivity contribution in [1.29, 1.82) is 0 Å². The van der Waals surface area contributed by atoms with Crippen molar-refractivity contribution >= 4 is 60.6 Å². The van der Waals surface area contributed by atoms with Gasteiger partial charge in [-0.15, -0.1) is 11.3 Å². The van der Waals surface area contributed by atoms with Crippen molar-refractivity contribution in [3.63, 3.8) is 0 Å². The molecule has 2 nitrogen and oxygen atoms in total. The van der Waals surface area contributed by atoms with Crippen molar-refractivity contribution in [2.45, 2.75) is 0 Å². The summed E-state index contributed by atoms with van der Waals surface area (Å²) in [7, 11) is 0. The van der Waals surface area contributed by atoms with E-state index in [1.807, 2.05) is 0 Å². The van der Waals surface area contributed by atoms with E-state index in [1.165, 1.54) is 17.6 Å². The molecule has 0 amide bonds. The zero-order chi connectivity index (χ0) is 11.0. The molecule has 0 aliphatic carbocycles. The molecule has 0 N–H and O–H groups in total. The van der Waals surface area contributed by atoms with Gasteiger partial charge in [0.15, 0.2) is 4.67 Å². The van der Waals surface area contributed by atoms with E-state index in [0.29, 0.717) is 20.1 Å². The Morgan fingerprint density at radius 3 is 2.60 bits per heavy atom. The fourth-order valence-electron chi connectivity index (χ4n) is 1.03. The molecular weight excluding hydrogens is 367 g/mol. The summed E-state index contributed by atoms with van der Waals surface area (Å²) in [4.78, 5) is 12.5. The minimum Gasteiger partial charge on any atom is -0.457 e. The molecule has 2 rings (SSSR count). The molecule has 6 heteroatoms. The highest BCUT2D eigenvalue weighted by Gasteiger charge is 2.16. The molecule has 0 aliphatic rings. The Morgan fingerprint density at radius 2 is 2.13 bits per heavy atom. The lowest BCUT2D eigenvalue weighted by Gasteiger charge is -1.89. The maximum atomic E-state index is 11.9. The van der Waals surface area contributed by atoms with Gasteiger partial charge in [-0.1, -0.05) is 11.6 Å². The second kappa shape index (κ2) is 4.41. The normalized spacial score (nSPS) is 10.6. The second-order valence-corrected chi connectivity index (χ2v) is 6.26. The van der Waals surface area contributed by atoms with Crippen LogP contribution in [-0.2, 0) is 0 Å². The number of halogens is 3. The van der Waals surface area contributed by atoms with Crippen molar-refractivity contribution in [3.8, 4) is 0 Å². The molecule has 0 aliphatic heterocycles. The summed E-state index contributed by atoms with van der Waals surface area (Å²) in [6.07, 6.45) is 1.41. The van der Waals surface area contributed by atoms with Crippen LogP contribution in [0.4, 0.5) is 0 Å². The van der Waals surface area contributed by atoms with E-state index in [2.05, 4.69) is 31.9 Å². The van der Waals surface area contributed by atoms with Gasteiger partial charge < -0.3 is 4.42 Å². The zero-order valence-electron chi connectivity index (χ0n) is 7.09. The van der Waals surface area contributed by atoms with E-state index in [0.717, 1.165) is 3.79 Å². The predicted octanol–water partition coefficient (Wildman–Crippen LogP) is 4.75. The summed E-state index contributed by atoms with van der Waals surface area (Å²) < 4.78 is 6.29. The molecule has 15 heavy (non-hydrogen) atoms. The summed E-state index contributed by atoms with van der Waals surface area (Å²) in [6, 6.07) is 3.27. The van der Waals surface area contributed by atoms with Gasteiger partial charge in [0.1, 0.15) is 6.26 Å². The molecule has 0 atom stereocenters. The van der Waals surface area contributed by atoms with E-state index in [-0.39, 0.29) is 5.78 Å². The first kappa shape index (κ1) is 11.4. The molecule has 78 valence electrons. The van der Waals surface area contributed by atoms with Crippen LogP contribution < -0.4 is 0 Å². The average Bonchev–Trinajstić information content (AvgIpc) is 2.74. The number of carbonyl (C=O) groups is 1. The van der Waals surface area contributed by atoms with E-state index in [4.69, 9.17) is 16.0 Å². The van der Waals surface area contributed by atoms with Crippen LogP contribution in [0.25, 0.3) is 0 Å². The SMILES string of the molecule is O=C(c1coc(Br)c1)c1cc(Cl)c(Br)s1. The Balaban J connectivity index is 2.36. The van der Waals surface area contributed by atoms with Crippen molar-refractivity contribution in [1.82, 2.24) is 0 Å². The highest BCUT2D eigenvalue weighted by atomic mass is 79.9. The molecular formula is C9H3Br2ClO2S. The zero-order valence-corrected chi connectivity index (χ0v) is 11.8. The van der Waals surface area contributed by atoms with Gasteiger partial charge in [-0.05, 0) is 37.9 Å². The van der Waals surface area contributed by atoms with E-state index in [1.54, 1.807) is 12.1 Å². The van der Waals surface area contributed by atoms with Crippen LogP contribution in [-0.4, -0.2) is 5.78 Å². The van der Waals surface area contributed by atoms with E-state index in [9.17, 15) is 4.79 Å². The Bertz CT molecular complexity index is 498. The highest BCUT2D eigenvalue weighted by molar-refractivity contribution is 9.11. The topological polar surface area (TPSA) is 30.2 Å². The van der Waals surface area contributed by atoms with Crippen molar-refractivity contribution < 1.29 is 9.21 Å². The molecule has 0 spiro atoms. The maximum absolute atomic E-state index is 11.9. The Hall–Kier alpha value is -0.100. The molecule has 0 unspecified atom stereocenters. The molecule has 0 fully saturated rings. The standard InChI is InChI=1S/C9H3Br2ClO2S/c10-7-1-4(3-14-7)8(13)6-2-5(12)9(11)15-6/h1-3H. The lowest BCUT2D eigenvalue weighted by atomic mass is 10.2. The van der Waals surface area contributed by atoms with Crippen molar-refractivity contribution in [3.05, 3.63) is 42.3 Å². The van der Waals surface area contributed by atoms with Gasteiger partial charge in [-0.2, -0.15) is 0 Å². The van der Waals surface area contributed by atoms with Gasteiger partial charge in [0.2, 0.25) is 5.78 Å². The van der Waals surface area contributed by atoms with Crippen LogP contribution in [0, 0.1) is 0 Å². The lowest BCUT2D eigenvalue weighted by molar-refractivity contribution is 0.104. The van der Waals surface area contributed by atoms with E-state index < -0.39 is 0 Å². The number of hydrogen-bond donors (Lipinski definition) is 0. The fraction of sp³-hybridized carbons (Fsp3) is 0. The third-order valence-corrected chi connectivity index (χ3v) is 4.59. The quantitative estimate of drug-likeness (QED) is 0.714. The second-order valence-electron chi connectivity index (χ2n) is 2.70. The molecule has 2 heterocycles. The maximum Gasteiger partial charge on any atom is 0.206 e. The average molecular weight is 370 g/mol. The molecule has 0 radical (unpaired) electrons. The van der Waals surface area contributed by atoms with Gasteiger partial charge in [0, 0.05) is 6.07 Å². The molecule has 0 saturated heterocycles. The Morgan fingerprint density at radius 1 is 1.40 bits per heavy atom. The van der Waals surface area contributed by atoms with Gasteiger partial charge in [-0.25, -0.2) is 0 Å². The molecule has 2 aromatic rings. The Kier molecular flexibility index (Phi) is 3.35. The highest BCUT2D eigenvalue weighted by Crippen LogP contribution is 2.33. The van der Waals surface area contributed by atoms with Gasteiger partial charge in [-0.3, -0.25) is 4.79 Å². The summed E-state index contributed by atoms with van der Waals surface area (Å²) >= 11 is 13.6. The molecule has 0 bridgehead atoms. The van der Waals surface area contributed by atoms with Crippen LogP contribution in [0.5, 0.6) is 0 Å². The Labute approximate surface area is 111 Å². The number of carbonyl (C=O) groups excluding carboxylic acids is 1. The van der Waals surface area contributed by atoms with Gasteiger partial charge in [0.25, 0.3) is 0 Å². The van der Waals surface area contributed by atoms with Crippen LogP contribution in [0.2, 0.25) is 5.02 Å². The first-order valence-electron chi connectivity index (χ1n) is 3.81. The molecule has 0 aromatic carbocycles. The number of rotatable bonds is 2. The summed E-state index contributed by atoms with van der Waals surface area (Å²) in [5.74, 6) is -0.0953. The minimum absolute atomic E-state index is 0.0953. The monoisotopic (exact) mass is 368 g/mol. The van der Waals surface area contributed by atoms with E-state index >= 15 is 0 Å².